The Balaban J connectivity index is 2.26. The largest absolute Gasteiger partial charge is 0.292 e. The smallest absolute Gasteiger partial charge is 0.0598 e. The fourth-order valence-electron chi connectivity index (χ4n) is 2.81. The molecule has 1 aromatic rings. The predicted octanol–water partition coefficient (Wildman–Crippen LogP) is 4.59. The summed E-state index contributed by atoms with van der Waals surface area (Å²) in [5, 5.41) is 0. The van der Waals surface area contributed by atoms with E-state index in [0.717, 1.165) is 12.3 Å². The molecule has 1 fully saturated rings. The standard InChI is InChI=1S/C18H25N/c1-4-6-10-16(5-2)18(19-13-15(3)14-19)17-11-8-7-9-12-17/h5-12,15,18H,4,13-14H2,1-3H3/b10-6-,16-5+. The van der Waals surface area contributed by atoms with Gasteiger partial charge in [-0.05, 0) is 30.4 Å². The lowest BCUT2D eigenvalue weighted by molar-refractivity contribution is 0.0792. The molecule has 1 aliphatic heterocycles. The van der Waals surface area contributed by atoms with Crippen LogP contribution in [0.2, 0.25) is 0 Å². The lowest BCUT2D eigenvalue weighted by Crippen LogP contribution is -2.47. The zero-order chi connectivity index (χ0) is 13.7. The van der Waals surface area contributed by atoms with E-state index in [1.807, 2.05) is 0 Å². The maximum absolute atomic E-state index is 2.58. The average Bonchev–Trinajstić information content (AvgIpc) is 2.42. The molecule has 0 spiro atoms. The van der Waals surface area contributed by atoms with Crippen LogP contribution in [0.15, 0.2) is 54.1 Å². The third-order valence-electron chi connectivity index (χ3n) is 3.77. The molecule has 1 aliphatic rings. The quantitative estimate of drug-likeness (QED) is 0.695. The van der Waals surface area contributed by atoms with Crippen molar-refractivity contribution in [2.24, 2.45) is 5.92 Å². The van der Waals surface area contributed by atoms with E-state index in [1.165, 1.54) is 24.2 Å². The van der Waals surface area contributed by atoms with Gasteiger partial charge in [-0.15, -0.1) is 0 Å². The fourth-order valence-corrected chi connectivity index (χ4v) is 2.81. The van der Waals surface area contributed by atoms with Crippen LogP contribution in [0, 0.1) is 5.92 Å². The second-order valence-electron chi connectivity index (χ2n) is 5.47. The highest BCUT2D eigenvalue weighted by Gasteiger charge is 2.31. The Labute approximate surface area is 117 Å². The van der Waals surface area contributed by atoms with Crippen LogP contribution in [-0.2, 0) is 0 Å². The van der Waals surface area contributed by atoms with E-state index in [-0.39, 0.29) is 0 Å². The molecule has 102 valence electrons. The maximum atomic E-state index is 2.58. The Kier molecular flexibility index (Phi) is 4.98. The van der Waals surface area contributed by atoms with Gasteiger partial charge in [0.05, 0.1) is 6.04 Å². The lowest BCUT2D eigenvalue weighted by Gasteiger charge is -2.44. The number of nitrogens with zero attached hydrogens (tertiary/aromatic N) is 1. The molecule has 0 amide bonds. The minimum atomic E-state index is 0.421. The molecule has 0 saturated carbocycles. The van der Waals surface area contributed by atoms with Gasteiger partial charge in [0, 0.05) is 13.1 Å². The third kappa shape index (κ3) is 3.36. The van der Waals surface area contributed by atoms with Crippen molar-refractivity contribution >= 4 is 0 Å². The number of hydrogen-bond donors (Lipinski definition) is 0. The molecule has 1 heteroatoms. The van der Waals surface area contributed by atoms with Gasteiger partial charge in [0.1, 0.15) is 0 Å². The molecule has 1 unspecified atom stereocenters. The normalized spacial score (nSPS) is 19.6. The lowest BCUT2D eigenvalue weighted by atomic mass is 9.90. The summed E-state index contributed by atoms with van der Waals surface area (Å²) in [6, 6.07) is 11.3. The first-order valence-corrected chi connectivity index (χ1v) is 7.38. The van der Waals surface area contributed by atoms with Crippen molar-refractivity contribution < 1.29 is 0 Å². The Morgan fingerprint density at radius 1 is 1.32 bits per heavy atom. The van der Waals surface area contributed by atoms with Crippen LogP contribution >= 0.6 is 0 Å². The summed E-state index contributed by atoms with van der Waals surface area (Å²) in [5.74, 6) is 0.833. The molecule has 1 atom stereocenters. The summed E-state index contributed by atoms with van der Waals surface area (Å²) < 4.78 is 0. The molecule has 0 aliphatic carbocycles. The Morgan fingerprint density at radius 3 is 2.53 bits per heavy atom. The molecule has 1 aromatic carbocycles. The summed E-state index contributed by atoms with van der Waals surface area (Å²) in [6.07, 6.45) is 7.90. The topological polar surface area (TPSA) is 3.24 Å². The van der Waals surface area contributed by atoms with Crippen LogP contribution < -0.4 is 0 Å². The molecule has 0 aromatic heterocycles. The number of allylic oxidation sites excluding steroid dienone is 2. The Hall–Kier alpha value is -1.34. The van der Waals surface area contributed by atoms with Crippen molar-refractivity contribution in [3.8, 4) is 0 Å². The first-order valence-electron chi connectivity index (χ1n) is 7.38. The highest BCUT2D eigenvalue weighted by atomic mass is 15.2. The first kappa shape index (κ1) is 14.1. The molecular formula is C18H25N. The van der Waals surface area contributed by atoms with Crippen molar-refractivity contribution in [1.29, 1.82) is 0 Å². The predicted molar refractivity (Wildman–Crippen MR) is 83.1 cm³/mol. The molecule has 1 heterocycles. The molecular weight excluding hydrogens is 230 g/mol. The summed E-state index contributed by atoms with van der Waals surface area (Å²) >= 11 is 0. The van der Waals surface area contributed by atoms with Crippen LogP contribution in [-0.4, -0.2) is 18.0 Å². The summed E-state index contributed by atoms with van der Waals surface area (Å²) in [6.45, 7) is 9.07. The Morgan fingerprint density at radius 2 is 2.00 bits per heavy atom. The van der Waals surface area contributed by atoms with Gasteiger partial charge in [0.25, 0.3) is 0 Å². The highest BCUT2D eigenvalue weighted by molar-refractivity contribution is 5.34. The van der Waals surface area contributed by atoms with Crippen molar-refractivity contribution in [1.82, 2.24) is 4.90 Å². The second kappa shape index (κ2) is 6.72. The zero-order valence-corrected chi connectivity index (χ0v) is 12.3. The molecule has 0 bridgehead atoms. The van der Waals surface area contributed by atoms with Crippen molar-refractivity contribution in [3.63, 3.8) is 0 Å². The van der Waals surface area contributed by atoms with Crippen molar-refractivity contribution in [2.45, 2.75) is 33.2 Å². The van der Waals surface area contributed by atoms with E-state index in [0.29, 0.717) is 6.04 Å². The minimum absolute atomic E-state index is 0.421. The van der Waals surface area contributed by atoms with Gasteiger partial charge in [0.15, 0.2) is 0 Å². The van der Waals surface area contributed by atoms with E-state index in [4.69, 9.17) is 0 Å². The average molecular weight is 255 g/mol. The van der Waals surface area contributed by atoms with Gasteiger partial charge in [-0.1, -0.05) is 62.4 Å². The third-order valence-corrected chi connectivity index (χ3v) is 3.77. The van der Waals surface area contributed by atoms with E-state index in [9.17, 15) is 0 Å². The zero-order valence-electron chi connectivity index (χ0n) is 12.3. The van der Waals surface area contributed by atoms with E-state index in [1.54, 1.807) is 0 Å². The molecule has 0 N–H and O–H groups in total. The van der Waals surface area contributed by atoms with E-state index >= 15 is 0 Å². The minimum Gasteiger partial charge on any atom is -0.292 e. The van der Waals surface area contributed by atoms with Crippen LogP contribution in [0.25, 0.3) is 0 Å². The molecule has 1 nitrogen and oxygen atoms in total. The number of likely N-dealkylation sites (tertiary alicyclic amines) is 1. The van der Waals surface area contributed by atoms with Gasteiger partial charge in [-0.25, -0.2) is 0 Å². The summed E-state index contributed by atoms with van der Waals surface area (Å²) in [5.41, 5.74) is 2.82. The van der Waals surface area contributed by atoms with Gasteiger partial charge >= 0.3 is 0 Å². The fraction of sp³-hybridized carbons (Fsp3) is 0.444. The van der Waals surface area contributed by atoms with Gasteiger partial charge < -0.3 is 0 Å². The van der Waals surface area contributed by atoms with Gasteiger partial charge in [-0.2, -0.15) is 0 Å². The highest BCUT2D eigenvalue weighted by Crippen LogP contribution is 2.34. The van der Waals surface area contributed by atoms with Gasteiger partial charge in [0.2, 0.25) is 0 Å². The SMILES string of the molecule is C/C=C(\C=C/CC)C(c1ccccc1)N1CC(C)C1. The Bertz CT molecular complexity index is 438. The second-order valence-corrected chi connectivity index (χ2v) is 5.47. The summed E-state index contributed by atoms with van der Waals surface area (Å²) in [4.78, 5) is 2.58. The molecule has 2 rings (SSSR count). The monoisotopic (exact) mass is 255 g/mol. The molecule has 1 saturated heterocycles. The van der Waals surface area contributed by atoms with Gasteiger partial charge in [-0.3, -0.25) is 4.90 Å². The van der Waals surface area contributed by atoms with Crippen molar-refractivity contribution in [2.75, 3.05) is 13.1 Å². The van der Waals surface area contributed by atoms with E-state index in [2.05, 4.69) is 74.2 Å². The first-order chi connectivity index (χ1) is 9.26. The van der Waals surface area contributed by atoms with Crippen LogP contribution in [0.5, 0.6) is 0 Å². The van der Waals surface area contributed by atoms with Crippen LogP contribution in [0.4, 0.5) is 0 Å². The maximum Gasteiger partial charge on any atom is 0.0598 e. The number of rotatable bonds is 5. The van der Waals surface area contributed by atoms with Crippen molar-refractivity contribution in [3.05, 3.63) is 59.7 Å². The number of benzene rings is 1. The summed E-state index contributed by atoms with van der Waals surface area (Å²) in [7, 11) is 0. The van der Waals surface area contributed by atoms with E-state index < -0.39 is 0 Å². The van der Waals surface area contributed by atoms with Crippen LogP contribution in [0.3, 0.4) is 0 Å². The van der Waals surface area contributed by atoms with Crippen LogP contribution in [0.1, 0.15) is 38.8 Å². The number of hydrogen-bond acceptors (Lipinski definition) is 1. The molecule has 0 radical (unpaired) electrons. The molecule has 19 heavy (non-hydrogen) atoms.